The fourth-order valence-corrected chi connectivity index (χ4v) is 5.62. The minimum atomic E-state index is -4.41. The van der Waals surface area contributed by atoms with Crippen molar-refractivity contribution in [1.29, 1.82) is 0 Å². The summed E-state index contributed by atoms with van der Waals surface area (Å²) in [5.41, 5.74) is 0. The molecule has 0 saturated carbocycles. The molecule has 4 N–H and O–H groups in total. The molecule has 9 heteroatoms. The molecule has 0 aromatic heterocycles. The van der Waals surface area contributed by atoms with Crippen LogP contribution in [0.15, 0.2) is 35.2 Å². The Morgan fingerprint density at radius 3 is 1.68 bits per heavy atom. The van der Waals surface area contributed by atoms with Crippen molar-refractivity contribution in [1.82, 2.24) is 0 Å². The van der Waals surface area contributed by atoms with Gasteiger partial charge in [0.05, 0.1) is 0 Å². The summed E-state index contributed by atoms with van der Waals surface area (Å²) in [6.45, 7) is -4.41. The molecule has 0 fully saturated rings. The Kier molecular flexibility index (Phi) is 5.02. The molecular weight excluding hydrogens is 295 g/mol. The Bertz CT molecular complexity index is 488. The zero-order valence-corrected chi connectivity index (χ0v) is 11.8. The maximum absolute atomic E-state index is 12.1. The first-order valence-corrected chi connectivity index (χ1v) is 9.63. The zero-order chi connectivity index (χ0) is 14.6. The Morgan fingerprint density at radius 1 is 0.895 bits per heavy atom. The second-order valence-corrected chi connectivity index (χ2v) is 11.1. The van der Waals surface area contributed by atoms with Crippen LogP contribution in [0.25, 0.3) is 0 Å². The molecule has 0 heterocycles. The molecule has 0 aliphatic carbocycles. The van der Waals surface area contributed by atoms with Crippen LogP contribution in [0.2, 0.25) is 0 Å². The molecule has 0 atom stereocenters. The molecule has 0 unspecified atom stereocenters. The van der Waals surface area contributed by atoms with Crippen LogP contribution in [0.5, 0.6) is 0 Å². The van der Waals surface area contributed by atoms with E-state index in [2.05, 4.69) is 0 Å². The second-order valence-electron chi connectivity index (χ2n) is 4.27. The molecule has 0 aliphatic heterocycles. The quantitative estimate of drug-likeness (QED) is 0.508. The fraction of sp³-hybridized carbons (Fsp3) is 0.400. The average Bonchev–Trinajstić information content (AvgIpc) is 2.46. The van der Waals surface area contributed by atoms with Gasteiger partial charge >= 0.3 is 110 Å². The van der Waals surface area contributed by atoms with Crippen molar-refractivity contribution in [3.05, 3.63) is 30.3 Å². The molecule has 0 radical (unpaired) electrons. The molecular formula is C10H17O7PS. The summed E-state index contributed by atoms with van der Waals surface area (Å²) < 4.78 is 29.0. The van der Waals surface area contributed by atoms with E-state index in [-0.39, 0.29) is 4.90 Å². The summed E-state index contributed by atoms with van der Waals surface area (Å²) in [4.78, 5) is -0.187. The number of hydrogen-bond acceptors (Lipinski definition) is 7. The molecule has 0 amide bonds. The number of hydrogen-bond donors (Lipinski definition) is 4. The third-order valence-corrected chi connectivity index (χ3v) is 8.95. The molecule has 7 nitrogen and oxygen atoms in total. The van der Waals surface area contributed by atoms with Crippen molar-refractivity contribution < 1.29 is 32.8 Å². The van der Waals surface area contributed by atoms with Crippen LogP contribution in [0.3, 0.4) is 0 Å². The van der Waals surface area contributed by atoms with Gasteiger partial charge in [0.15, 0.2) is 0 Å². The first-order chi connectivity index (χ1) is 8.87. The van der Waals surface area contributed by atoms with Crippen LogP contribution in [0.1, 0.15) is 0 Å². The van der Waals surface area contributed by atoms with Crippen molar-refractivity contribution in [3.63, 3.8) is 0 Å². The van der Waals surface area contributed by atoms with E-state index in [1.807, 2.05) is 0 Å². The number of benzene rings is 1. The van der Waals surface area contributed by atoms with E-state index in [4.69, 9.17) is 3.97 Å². The predicted molar refractivity (Wildman–Crippen MR) is 70.0 cm³/mol. The Labute approximate surface area is 111 Å². The van der Waals surface area contributed by atoms with E-state index in [0.29, 0.717) is 0 Å². The molecule has 1 aromatic rings. The van der Waals surface area contributed by atoms with Gasteiger partial charge in [-0.2, -0.15) is 0 Å². The van der Waals surface area contributed by atoms with Gasteiger partial charge in [0, 0.05) is 0 Å². The Balaban J connectivity index is 3.25. The summed E-state index contributed by atoms with van der Waals surface area (Å²) in [5.74, 6) is 0. The van der Waals surface area contributed by atoms with E-state index in [1.165, 1.54) is 24.3 Å². The van der Waals surface area contributed by atoms with E-state index < -0.39 is 42.3 Å². The number of rotatable bonds is 7. The molecule has 0 saturated heterocycles. The van der Waals surface area contributed by atoms with Gasteiger partial charge in [-0.05, 0) is 0 Å². The van der Waals surface area contributed by atoms with Gasteiger partial charge in [0.1, 0.15) is 0 Å². The van der Waals surface area contributed by atoms with Gasteiger partial charge in [0.2, 0.25) is 0 Å². The third-order valence-electron chi connectivity index (χ3n) is 2.77. The minimum absolute atomic E-state index is 0.187. The van der Waals surface area contributed by atoms with Crippen LogP contribution in [0.4, 0.5) is 0 Å². The average molecular weight is 312 g/mol. The van der Waals surface area contributed by atoms with Crippen molar-refractivity contribution in [3.8, 4) is 0 Å². The zero-order valence-electron chi connectivity index (χ0n) is 10.1. The van der Waals surface area contributed by atoms with Crippen LogP contribution >= 0.6 is 6.83 Å². The first kappa shape index (κ1) is 16.5. The van der Waals surface area contributed by atoms with Crippen LogP contribution < -0.4 is 0 Å². The topological polar surface area (TPSA) is 124 Å². The number of aliphatic hydroxyl groups excluding tert-OH is 4. The molecule has 19 heavy (non-hydrogen) atoms. The van der Waals surface area contributed by atoms with Crippen molar-refractivity contribution >= 4 is 16.9 Å². The van der Waals surface area contributed by atoms with E-state index in [0.717, 1.165) is 0 Å². The van der Waals surface area contributed by atoms with Crippen LogP contribution in [0, 0.1) is 0 Å². The van der Waals surface area contributed by atoms with Crippen LogP contribution in [-0.4, -0.2) is 54.2 Å². The van der Waals surface area contributed by atoms with Gasteiger partial charge < -0.3 is 0 Å². The second kappa shape index (κ2) is 5.80. The van der Waals surface area contributed by atoms with E-state index in [9.17, 15) is 28.8 Å². The molecule has 0 spiro atoms. The Hall–Kier alpha value is -0.600. The molecule has 110 valence electrons. The van der Waals surface area contributed by atoms with Crippen molar-refractivity contribution in [2.45, 2.75) is 4.90 Å². The monoisotopic (exact) mass is 312 g/mol. The van der Waals surface area contributed by atoms with Gasteiger partial charge in [-0.1, -0.05) is 0 Å². The summed E-state index contributed by atoms with van der Waals surface area (Å²) in [7, 11) is -4.31. The fourth-order valence-electron chi connectivity index (χ4n) is 1.27. The van der Waals surface area contributed by atoms with Crippen LogP contribution in [-0.2, 0) is 14.1 Å². The van der Waals surface area contributed by atoms with E-state index in [1.54, 1.807) is 6.07 Å². The SMILES string of the molecule is O=S(=O)(OP(CO)(CO)(CO)CO)c1ccccc1. The predicted octanol–water partition coefficient (Wildman–Crippen LogP) is -0.341. The molecule has 0 bridgehead atoms. The van der Waals surface area contributed by atoms with Gasteiger partial charge in [-0.25, -0.2) is 0 Å². The normalized spacial score (nSPS) is 14.8. The summed E-state index contributed by atoms with van der Waals surface area (Å²) in [6, 6.07) is 7.09. The first-order valence-electron chi connectivity index (χ1n) is 5.33. The Morgan fingerprint density at radius 2 is 1.32 bits per heavy atom. The maximum atomic E-state index is 12.1. The summed E-state index contributed by atoms with van der Waals surface area (Å²) in [5, 5.41) is 37.3. The summed E-state index contributed by atoms with van der Waals surface area (Å²) >= 11 is 0. The molecule has 1 rings (SSSR count). The van der Waals surface area contributed by atoms with Crippen molar-refractivity contribution in [2.24, 2.45) is 0 Å². The third kappa shape index (κ3) is 3.11. The number of aliphatic hydroxyl groups is 4. The van der Waals surface area contributed by atoms with Gasteiger partial charge in [-0.15, -0.1) is 0 Å². The van der Waals surface area contributed by atoms with Gasteiger partial charge in [-0.3, -0.25) is 0 Å². The molecule has 1 aromatic carbocycles. The van der Waals surface area contributed by atoms with E-state index >= 15 is 0 Å². The molecule has 0 aliphatic rings. The summed E-state index contributed by atoms with van der Waals surface area (Å²) in [6.07, 6.45) is -3.77. The van der Waals surface area contributed by atoms with Crippen molar-refractivity contribution in [2.75, 3.05) is 25.4 Å². The van der Waals surface area contributed by atoms with Gasteiger partial charge in [0.25, 0.3) is 0 Å². The standard InChI is InChI=1S/C10H17O7PS/c11-6-18(7-12,8-13,9-14)17-19(15,16)10-4-2-1-3-5-10/h1-5,11-14H,6-9H2.